The number of halogens is 4. The first-order chi connectivity index (χ1) is 12.2. The summed E-state index contributed by atoms with van der Waals surface area (Å²) >= 11 is 0. The highest BCUT2D eigenvalue weighted by Crippen LogP contribution is 2.26. The molecule has 1 saturated heterocycles. The number of piperazine rings is 1. The van der Waals surface area contributed by atoms with Crippen LogP contribution in [0, 0.1) is 10.1 Å². The molecule has 8 nitrogen and oxygen atoms in total. The van der Waals surface area contributed by atoms with E-state index in [0.717, 1.165) is 12.1 Å². The molecule has 27 heavy (non-hydrogen) atoms. The molecule has 1 heterocycles. The summed E-state index contributed by atoms with van der Waals surface area (Å²) in [4.78, 5) is 23.8. The van der Waals surface area contributed by atoms with Gasteiger partial charge in [-0.25, -0.2) is 0 Å². The molecular formula is C15H20ClF3N4O4. The van der Waals surface area contributed by atoms with E-state index < -0.39 is 35.3 Å². The van der Waals surface area contributed by atoms with Gasteiger partial charge in [0.2, 0.25) is 0 Å². The van der Waals surface area contributed by atoms with Crippen molar-refractivity contribution in [3.63, 3.8) is 0 Å². The van der Waals surface area contributed by atoms with Crippen LogP contribution in [-0.4, -0.2) is 67.8 Å². The third-order valence-electron chi connectivity index (χ3n) is 4.07. The van der Waals surface area contributed by atoms with E-state index in [4.69, 9.17) is 4.74 Å². The standard InChI is InChI=1S/C15H19F3N4O4.ClH/c1-26-10-2-3-12(22(24)25)11(8-10)14(23)20-9-13(15(16,17)18)21-6-4-19-5-7-21;/h2-3,8,13,19H,4-7,9H2,1H3,(H,20,23);1H. The van der Waals surface area contributed by atoms with Crippen molar-refractivity contribution in [1.82, 2.24) is 15.5 Å². The Kier molecular flexibility index (Phi) is 8.25. The van der Waals surface area contributed by atoms with Crippen molar-refractivity contribution in [2.24, 2.45) is 0 Å². The SMILES string of the molecule is COc1ccc([N+](=O)[O-])c(C(=O)NCC(N2CCNCC2)C(F)(F)F)c1.Cl. The summed E-state index contributed by atoms with van der Waals surface area (Å²) in [6.45, 7) is 0.527. The van der Waals surface area contributed by atoms with Gasteiger partial charge in [-0.1, -0.05) is 0 Å². The molecule has 0 bridgehead atoms. The molecule has 1 aromatic rings. The van der Waals surface area contributed by atoms with E-state index in [1.165, 1.54) is 18.1 Å². The van der Waals surface area contributed by atoms with Crippen LogP contribution in [0.5, 0.6) is 5.75 Å². The lowest BCUT2D eigenvalue weighted by molar-refractivity contribution is -0.385. The fraction of sp³-hybridized carbons (Fsp3) is 0.533. The highest BCUT2D eigenvalue weighted by molar-refractivity contribution is 5.98. The summed E-state index contributed by atoms with van der Waals surface area (Å²) in [6.07, 6.45) is -4.54. The van der Waals surface area contributed by atoms with Crippen LogP contribution in [0.3, 0.4) is 0 Å². The average molecular weight is 413 g/mol. The van der Waals surface area contributed by atoms with Crippen molar-refractivity contribution in [2.45, 2.75) is 12.2 Å². The fourth-order valence-electron chi connectivity index (χ4n) is 2.71. The van der Waals surface area contributed by atoms with Gasteiger partial charge in [-0.05, 0) is 12.1 Å². The summed E-state index contributed by atoms with van der Waals surface area (Å²) in [5, 5.41) is 16.2. The normalized spacial score (nSPS) is 16.1. The first-order valence-corrected chi connectivity index (χ1v) is 7.86. The lowest BCUT2D eigenvalue weighted by atomic mass is 10.1. The molecule has 2 rings (SSSR count). The molecule has 0 radical (unpaired) electrons. The lowest BCUT2D eigenvalue weighted by Crippen LogP contribution is -2.57. The number of nitro groups is 1. The molecular weight excluding hydrogens is 393 g/mol. The number of alkyl halides is 3. The Balaban J connectivity index is 0.00000364. The Morgan fingerprint density at radius 1 is 1.41 bits per heavy atom. The fourth-order valence-corrected chi connectivity index (χ4v) is 2.71. The molecule has 2 N–H and O–H groups in total. The Labute approximate surface area is 159 Å². The Morgan fingerprint density at radius 2 is 2.04 bits per heavy atom. The molecule has 152 valence electrons. The van der Waals surface area contributed by atoms with Crippen molar-refractivity contribution < 1.29 is 27.6 Å². The molecule has 1 amide bonds. The molecule has 1 aliphatic rings. The molecule has 1 fully saturated rings. The maximum Gasteiger partial charge on any atom is 0.405 e. The maximum absolute atomic E-state index is 13.3. The minimum absolute atomic E-state index is 0. The van der Waals surface area contributed by atoms with Crippen molar-refractivity contribution >= 4 is 24.0 Å². The molecule has 1 atom stereocenters. The molecule has 0 aliphatic carbocycles. The lowest BCUT2D eigenvalue weighted by Gasteiger charge is -2.35. The van der Waals surface area contributed by atoms with E-state index in [0.29, 0.717) is 13.1 Å². The van der Waals surface area contributed by atoms with E-state index in [9.17, 15) is 28.1 Å². The number of rotatable bonds is 6. The molecule has 1 aliphatic heterocycles. The van der Waals surface area contributed by atoms with Gasteiger partial charge >= 0.3 is 6.18 Å². The second-order valence-electron chi connectivity index (χ2n) is 5.69. The number of benzene rings is 1. The van der Waals surface area contributed by atoms with Gasteiger partial charge in [0.15, 0.2) is 0 Å². The largest absolute Gasteiger partial charge is 0.497 e. The Bertz CT molecular complexity index is 669. The van der Waals surface area contributed by atoms with Gasteiger partial charge in [0.1, 0.15) is 17.4 Å². The van der Waals surface area contributed by atoms with Gasteiger partial charge in [-0.3, -0.25) is 19.8 Å². The van der Waals surface area contributed by atoms with Crippen molar-refractivity contribution in [2.75, 3.05) is 39.8 Å². The van der Waals surface area contributed by atoms with Crippen molar-refractivity contribution in [3.05, 3.63) is 33.9 Å². The van der Waals surface area contributed by atoms with Gasteiger partial charge in [-0.2, -0.15) is 13.2 Å². The van der Waals surface area contributed by atoms with Crippen LogP contribution in [0.1, 0.15) is 10.4 Å². The van der Waals surface area contributed by atoms with Gasteiger partial charge in [0.05, 0.1) is 12.0 Å². The van der Waals surface area contributed by atoms with Crippen LogP contribution in [0.2, 0.25) is 0 Å². The summed E-state index contributed by atoms with van der Waals surface area (Å²) < 4.78 is 44.9. The number of ether oxygens (including phenoxy) is 1. The highest BCUT2D eigenvalue weighted by atomic mass is 35.5. The Morgan fingerprint density at radius 3 is 2.56 bits per heavy atom. The summed E-state index contributed by atoms with van der Waals surface area (Å²) in [7, 11) is 1.31. The van der Waals surface area contributed by atoms with Gasteiger partial charge in [0, 0.05) is 38.8 Å². The van der Waals surface area contributed by atoms with E-state index >= 15 is 0 Å². The third-order valence-corrected chi connectivity index (χ3v) is 4.07. The topological polar surface area (TPSA) is 96.7 Å². The minimum Gasteiger partial charge on any atom is -0.497 e. The minimum atomic E-state index is -4.54. The summed E-state index contributed by atoms with van der Waals surface area (Å²) in [5.41, 5.74) is -0.857. The molecule has 1 aromatic carbocycles. The van der Waals surface area contributed by atoms with Crippen LogP contribution in [0.4, 0.5) is 18.9 Å². The number of nitrogens with zero attached hydrogens (tertiary/aromatic N) is 2. The number of carbonyl (C=O) groups is 1. The van der Waals surface area contributed by atoms with Gasteiger partial charge in [-0.15, -0.1) is 12.4 Å². The smallest absolute Gasteiger partial charge is 0.405 e. The number of carbonyl (C=O) groups excluding carboxylic acids is 1. The van der Waals surface area contributed by atoms with Crippen molar-refractivity contribution in [1.29, 1.82) is 0 Å². The van der Waals surface area contributed by atoms with Crippen LogP contribution in [0.25, 0.3) is 0 Å². The van der Waals surface area contributed by atoms with Crippen LogP contribution in [0.15, 0.2) is 18.2 Å². The molecule has 0 spiro atoms. The predicted molar refractivity (Wildman–Crippen MR) is 93.5 cm³/mol. The van der Waals surface area contributed by atoms with Gasteiger partial charge in [0.25, 0.3) is 11.6 Å². The van der Waals surface area contributed by atoms with E-state index in [1.54, 1.807) is 0 Å². The molecule has 12 heteroatoms. The quantitative estimate of drug-likeness (QED) is 0.544. The maximum atomic E-state index is 13.3. The first-order valence-electron chi connectivity index (χ1n) is 7.86. The zero-order chi connectivity index (χ0) is 19.3. The second kappa shape index (κ2) is 9.72. The Hall–Kier alpha value is -2.11. The number of nitrogens with one attached hydrogen (secondary N) is 2. The average Bonchev–Trinajstić information content (AvgIpc) is 2.60. The summed E-state index contributed by atoms with van der Waals surface area (Å²) in [6, 6.07) is 1.64. The third kappa shape index (κ3) is 5.94. The number of amides is 1. The van der Waals surface area contributed by atoms with Crippen molar-refractivity contribution in [3.8, 4) is 5.75 Å². The number of hydrogen-bond acceptors (Lipinski definition) is 6. The number of hydrogen-bond donors (Lipinski definition) is 2. The monoisotopic (exact) mass is 412 g/mol. The second-order valence-corrected chi connectivity index (χ2v) is 5.69. The predicted octanol–water partition coefficient (Wildman–Crippen LogP) is 1.59. The number of methoxy groups -OCH3 is 1. The zero-order valence-electron chi connectivity index (χ0n) is 14.4. The molecule has 1 unspecified atom stereocenters. The summed E-state index contributed by atoms with van der Waals surface area (Å²) in [5.74, 6) is -0.768. The molecule has 0 saturated carbocycles. The van der Waals surface area contributed by atoms with Gasteiger partial charge < -0.3 is 15.4 Å². The molecule has 0 aromatic heterocycles. The van der Waals surface area contributed by atoms with E-state index in [2.05, 4.69) is 10.6 Å². The number of nitro benzene ring substituents is 1. The first kappa shape index (κ1) is 22.9. The van der Waals surface area contributed by atoms with E-state index in [-0.39, 0.29) is 36.8 Å². The zero-order valence-corrected chi connectivity index (χ0v) is 15.2. The van der Waals surface area contributed by atoms with Crippen LogP contribution >= 0.6 is 12.4 Å². The van der Waals surface area contributed by atoms with Crippen LogP contribution in [-0.2, 0) is 0 Å². The van der Waals surface area contributed by atoms with Crippen LogP contribution < -0.4 is 15.4 Å². The van der Waals surface area contributed by atoms with E-state index in [1.807, 2.05) is 0 Å². The highest BCUT2D eigenvalue weighted by Gasteiger charge is 2.44.